The van der Waals surface area contributed by atoms with E-state index < -0.39 is 11.9 Å². The lowest BCUT2D eigenvalue weighted by Crippen LogP contribution is -2.40. The minimum Gasteiger partial charge on any atom is -0.315 e. The average molecular weight is 523 g/mol. The quantitative estimate of drug-likeness (QED) is 0.382. The number of benzene rings is 2. The summed E-state index contributed by atoms with van der Waals surface area (Å²) in [6, 6.07) is 13.5. The second kappa shape index (κ2) is 10.7. The van der Waals surface area contributed by atoms with E-state index in [0.717, 1.165) is 5.69 Å². The van der Waals surface area contributed by atoms with Crippen LogP contribution in [-0.4, -0.2) is 39.7 Å². The first-order valence-corrected chi connectivity index (χ1v) is 11.8. The molecule has 0 radical (unpaired) electrons. The van der Waals surface area contributed by atoms with Crippen molar-refractivity contribution in [3.63, 3.8) is 0 Å². The number of likely N-dealkylation sites (N-methyl/N-ethyl adjacent to an activating group) is 1. The van der Waals surface area contributed by atoms with Crippen molar-refractivity contribution < 1.29 is 9.59 Å². The van der Waals surface area contributed by atoms with E-state index in [2.05, 4.69) is 15.7 Å². The Hall–Kier alpha value is -2.74. The van der Waals surface area contributed by atoms with Gasteiger partial charge in [0.2, 0.25) is 5.91 Å². The minimum atomic E-state index is -0.498. The van der Waals surface area contributed by atoms with Crippen molar-refractivity contribution in [1.29, 1.82) is 0 Å². The molecule has 0 spiro atoms. The van der Waals surface area contributed by atoms with E-state index >= 15 is 0 Å². The van der Waals surface area contributed by atoms with Crippen LogP contribution in [0.2, 0.25) is 15.1 Å². The van der Waals surface area contributed by atoms with Gasteiger partial charge in [-0.3, -0.25) is 4.79 Å². The smallest absolute Gasteiger partial charge is 0.315 e. The maximum atomic E-state index is 12.9. The Kier molecular flexibility index (Phi) is 8.13. The Morgan fingerprint density at radius 2 is 1.59 bits per heavy atom. The van der Waals surface area contributed by atoms with Gasteiger partial charge in [0.05, 0.1) is 32.1 Å². The lowest BCUT2D eigenvalue weighted by molar-refractivity contribution is -0.116. The summed E-state index contributed by atoms with van der Waals surface area (Å²) < 4.78 is 1.60. The molecule has 0 aliphatic carbocycles. The number of carbonyl (C=O) groups excluding carboxylic acids is 2. The highest BCUT2D eigenvalue weighted by molar-refractivity contribution is 6.39. The van der Waals surface area contributed by atoms with Crippen LogP contribution in [0.5, 0.6) is 0 Å². The maximum absolute atomic E-state index is 12.9. The van der Waals surface area contributed by atoms with E-state index in [0.29, 0.717) is 38.8 Å². The summed E-state index contributed by atoms with van der Waals surface area (Å²) in [7, 11) is 0. The molecule has 7 nitrogen and oxygen atoms in total. The van der Waals surface area contributed by atoms with Crippen LogP contribution in [0.25, 0.3) is 5.69 Å². The van der Waals surface area contributed by atoms with Crippen molar-refractivity contribution in [2.75, 3.05) is 23.7 Å². The molecule has 3 rings (SSSR count). The Bertz CT molecular complexity index is 1180. The molecule has 2 N–H and O–H groups in total. The van der Waals surface area contributed by atoms with Gasteiger partial charge in [-0.15, -0.1) is 0 Å². The summed E-state index contributed by atoms with van der Waals surface area (Å²) in [5.74, 6) is 0.0598. The number of para-hydroxylation sites is 2. The summed E-state index contributed by atoms with van der Waals surface area (Å²) in [5, 5.41) is 11.3. The zero-order valence-corrected chi connectivity index (χ0v) is 21.6. The Morgan fingerprint density at radius 1 is 0.971 bits per heavy atom. The highest BCUT2D eigenvalue weighted by atomic mass is 35.5. The monoisotopic (exact) mass is 521 g/mol. The number of anilines is 2. The number of carbonyl (C=O) groups is 2. The van der Waals surface area contributed by atoms with Gasteiger partial charge in [-0.2, -0.15) is 5.10 Å². The number of aromatic nitrogens is 2. The van der Waals surface area contributed by atoms with Gasteiger partial charge in [0.15, 0.2) is 0 Å². The molecule has 3 amide bonds. The van der Waals surface area contributed by atoms with Crippen molar-refractivity contribution in [1.82, 2.24) is 14.7 Å². The van der Waals surface area contributed by atoms with Crippen LogP contribution in [0.3, 0.4) is 0 Å². The van der Waals surface area contributed by atoms with Gasteiger partial charge < -0.3 is 15.5 Å². The van der Waals surface area contributed by atoms with E-state index in [1.807, 2.05) is 39.0 Å². The zero-order valence-electron chi connectivity index (χ0n) is 19.3. The van der Waals surface area contributed by atoms with Crippen LogP contribution < -0.4 is 10.6 Å². The molecule has 0 atom stereocenters. The molecule has 2 aromatic carbocycles. The van der Waals surface area contributed by atoms with Crippen LogP contribution in [0, 0.1) is 0 Å². The van der Waals surface area contributed by atoms with Gasteiger partial charge in [0.1, 0.15) is 12.4 Å². The first kappa shape index (κ1) is 25.9. The summed E-state index contributed by atoms with van der Waals surface area (Å²) in [6.45, 7) is 7.96. The maximum Gasteiger partial charge on any atom is 0.322 e. The molecule has 3 aromatic rings. The Morgan fingerprint density at radius 3 is 2.18 bits per heavy atom. The largest absolute Gasteiger partial charge is 0.322 e. The lowest BCUT2D eigenvalue weighted by Gasteiger charge is -2.21. The van der Waals surface area contributed by atoms with E-state index in [1.54, 1.807) is 41.9 Å². The molecular weight excluding hydrogens is 497 g/mol. The van der Waals surface area contributed by atoms with Crippen LogP contribution in [0.4, 0.5) is 16.3 Å². The van der Waals surface area contributed by atoms with Crippen molar-refractivity contribution in [2.45, 2.75) is 33.1 Å². The Balaban J connectivity index is 1.81. The number of halogens is 3. The standard InChI is InChI=1S/C24H26Cl3N5O2/c1-5-31(23(34)29-22-16(26)10-8-11-17(22)27)14-21(33)28-20-13-19(24(2,3)4)30-32(20)18-12-7-6-9-15(18)25/h6-13H,5,14H2,1-4H3,(H,28,33)(H,29,34). The van der Waals surface area contributed by atoms with E-state index in [1.165, 1.54) is 4.90 Å². The number of hydrogen-bond donors (Lipinski definition) is 2. The van der Waals surface area contributed by atoms with Crippen LogP contribution in [-0.2, 0) is 10.2 Å². The fraction of sp³-hybridized carbons (Fsp3) is 0.292. The van der Waals surface area contributed by atoms with E-state index in [-0.39, 0.29) is 12.0 Å². The van der Waals surface area contributed by atoms with Gasteiger partial charge in [0, 0.05) is 18.0 Å². The van der Waals surface area contributed by atoms with Crippen molar-refractivity contribution >= 4 is 58.2 Å². The summed E-state index contributed by atoms with van der Waals surface area (Å²) >= 11 is 18.7. The molecule has 0 aliphatic rings. The first-order chi connectivity index (χ1) is 16.0. The Labute approximate surface area is 214 Å². The van der Waals surface area contributed by atoms with Gasteiger partial charge in [0.25, 0.3) is 0 Å². The normalized spacial score (nSPS) is 11.3. The molecule has 0 bridgehead atoms. The molecule has 0 aliphatic heterocycles. The average Bonchev–Trinajstić information content (AvgIpc) is 3.19. The van der Waals surface area contributed by atoms with Crippen molar-refractivity contribution in [3.8, 4) is 5.69 Å². The number of nitrogens with zero attached hydrogens (tertiary/aromatic N) is 3. The zero-order chi connectivity index (χ0) is 25.0. The second-order valence-electron chi connectivity index (χ2n) is 8.62. The molecule has 0 saturated heterocycles. The number of rotatable bonds is 6. The van der Waals surface area contributed by atoms with Gasteiger partial charge in [-0.25, -0.2) is 9.48 Å². The second-order valence-corrected chi connectivity index (χ2v) is 9.84. The predicted octanol–water partition coefficient (Wildman–Crippen LogP) is 6.62. The van der Waals surface area contributed by atoms with Gasteiger partial charge in [-0.1, -0.05) is 73.8 Å². The number of amides is 3. The van der Waals surface area contributed by atoms with Crippen molar-refractivity contribution in [2.24, 2.45) is 0 Å². The van der Waals surface area contributed by atoms with Crippen LogP contribution >= 0.6 is 34.8 Å². The molecular formula is C24H26Cl3N5O2. The van der Waals surface area contributed by atoms with E-state index in [9.17, 15) is 9.59 Å². The fourth-order valence-corrected chi connectivity index (χ4v) is 3.84. The fourth-order valence-electron chi connectivity index (χ4n) is 3.13. The topological polar surface area (TPSA) is 79.3 Å². The third-order valence-electron chi connectivity index (χ3n) is 5.02. The third kappa shape index (κ3) is 6.03. The molecule has 1 aromatic heterocycles. The number of nitrogens with one attached hydrogen (secondary N) is 2. The minimum absolute atomic E-state index is 0.192. The van der Waals surface area contributed by atoms with Gasteiger partial charge >= 0.3 is 6.03 Å². The SMILES string of the molecule is CCN(CC(=O)Nc1cc(C(C)(C)C)nn1-c1ccccc1Cl)C(=O)Nc1c(Cl)cccc1Cl. The molecule has 0 saturated carbocycles. The van der Waals surface area contributed by atoms with Crippen LogP contribution in [0.15, 0.2) is 48.5 Å². The summed E-state index contributed by atoms with van der Waals surface area (Å²) in [5.41, 5.74) is 1.45. The lowest BCUT2D eigenvalue weighted by atomic mass is 9.92. The van der Waals surface area contributed by atoms with Crippen molar-refractivity contribution in [3.05, 3.63) is 69.3 Å². The summed E-state index contributed by atoms with van der Waals surface area (Å²) in [6.07, 6.45) is 0. The molecule has 0 fully saturated rings. The predicted molar refractivity (Wildman–Crippen MR) is 139 cm³/mol. The van der Waals surface area contributed by atoms with Crippen LogP contribution in [0.1, 0.15) is 33.4 Å². The van der Waals surface area contributed by atoms with Gasteiger partial charge in [-0.05, 0) is 31.2 Å². The highest BCUT2D eigenvalue weighted by Crippen LogP contribution is 2.31. The highest BCUT2D eigenvalue weighted by Gasteiger charge is 2.24. The number of urea groups is 1. The molecule has 0 unspecified atom stereocenters. The first-order valence-electron chi connectivity index (χ1n) is 10.7. The molecule has 1 heterocycles. The molecule has 180 valence electrons. The molecule has 10 heteroatoms. The van der Waals surface area contributed by atoms with E-state index in [4.69, 9.17) is 34.8 Å². The number of hydrogen-bond acceptors (Lipinski definition) is 3. The summed E-state index contributed by atoms with van der Waals surface area (Å²) in [4.78, 5) is 27.1. The molecule has 34 heavy (non-hydrogen) atoms. The third-order valence-corrected chi connectivity index (χ3v) is 5.97.